The highest BCUT2D eigenvalue weighted by atomic mass is 15.5. The van der Waals surface area contributed by atoms with Crippen molar-refractivity contribution in [2.24, 2.45) is 0 Å². The fourth-order valence-electron chi connectivity index (χ4n) is 0.791. The first-order valence-electron chi connectivity index (χ1n) is 3.04. The summed E-state index contributed by atoms with van der Waals surface area (Å²) >= 11 is 0. The van der Waals surface area contributed by atoms with E-state index in [0.717, 1.165) is 5.82 Å². The molecule has 0 aromatic rings. The van der Waals surface area contributed by atoms with Gasteiger partial charge in [-0.05, 0) is 7.05 Å². The summed E-state index contributed by atoms with van der Waals surface area (Å²) < 4.78 is 0. The molecule has 0 unspecified atom stereocenters. The van der Waals surface area contributed by atoms with Crippen molar-refractivity contribution in [1.82, 2.24) is 10.3 Å². The second kappa shape index (κ2) is 2.11. The van der Waals surface area contributed by atoms with Crippen molar-refractivity contribution >= 4 is 14.0 Å². The first-order chi connectivity index (χ1) is 3.70. The maximum absolute atomic E-state index is 3.22. The molecule has 0 bridgehead atoms. The Hall–Kier alpha value is 0.0499. The van der Waals surface area contributed by atoms with Crippen LogP contribution in [0.5, 0.6) is 0 Å². The molecule has 1 saturated heterocycles. The molecule has 43 valence electrons. The lowest BCUT2D eigenvalue weighted by Crippen LogP contribution is -2.67. The minimum absolute atomic E-state index is 0.611. The molecule has 2 nitrogen and oxygen atoms in total. The van der Waals surface area contributed by atoms with E-state index in [4.69, 9.17) is 0 Å². The third kappa shape index (κ3) is 1.06. The third-order valence-electron chi connectivity index (χ3n) is 1.46. The van der Waals surface area contributed by atoms with Gasteiger partial charge in [-0.1, -0.05) is 19.7 Å². The van der Waals surface area contributed by atoms with Crippen LogP contribution in [0.25, 0.3) is 0 Å². The van der Waals surface area contributed by atoms with Crippen LogP contribution in [-0.4, -0.2) is 26.0 Å². The maximum atomic E-state index is 3.22. The van der Waals surface area contributed by atoms with Gasteiger partial charge in [0.05, 0.1) is 0 Å². The predicted molar refractivity (Wildman–Crippen MR) is 37.5 cm³/mol. The fourth-order valence-corrected chi connectivity index (χ4v) is 0.791. The van der Waals surface area contributed by atoms with E-state index in [2.05, 4.69) is 26.5 Å². The molecule has 0 saturated carbocycles. The van der Waals surface area contributed by atoms with Gasteiger partial charge in [0.25, 0.3) is 0 Å². The van der Waals surface area contributed by atoms with E-state index in [0.29, 0.717) is 6.74 Å². The van der Waals surface area contributed by atoms with Gasteiger partial charge in [0, 0.05) is 0 Å². The summed E-state index contributed by atoms with van der Waals surface area (Å²) in [4.78, 5) is 1.99. The zero-order chi connectivity index (χ0) is 6.15. The average Bonchev–Trinajstić information content (AvgIpc) is 1.57. The van der Waals surface area contributed by atoms with Gasteiger partial charge in [-0.2, -0.15) is 0 Å². The molecule has 1 radical (unpaired) electrons. The Kier molecular flexibility index (Phi) is 1.63. The maximum Gasteiger partial charge on any atom is 0.219 e. The summed E-state index contributed by atoms with van der Waals surface area (Å²) in [5.41, 5.74) is 0. The first-order valence-corrected chi connectivity index (χ1v) is 3.04. The minimum atomic E-state index is 0.611. The Morgan fingerprint density at radius 2 is 2.12 bits per heavy atom. The quantitative estimate of drug-likeness (QED) is 0.475. The van der Waals surface area contributed by atoms with Gasteiger partial charge in [0.1, 0.15) is 0 Å². The van der Waals surface area contributed by atoms with Gasteiger partial charge in [-0.25, -0.2) is 0 Å². The third-order valence-corrected chi connectivity index (χ3v) is 1.46. The van der Waals surface area contributed by atoms with Crippen LogP contribution in [0.2, 0.25) is 5.82 Å². The zero-order valence-corrected chi connectivity index (χ0v) is 5.68. The van der Waals surface area contributed by atoms with Gasteiger partial charge >= 0.3 is 0 Å². The normalized spacial score (nSPS) is 20.8. The fraction of sp³-hybridized carbons (Fsp3) is 1.00. The van der Waals surface area contributed by atoms with E-state index >= 15 is 0 Å². The van der Waals surface area contributed by atoms with E-state index < -0.39 is 0 Å². The predicted octanol–water partition coefficient (Wildman–Crippen LogP) is -0.0462. The largest absolute Gasteiger partial charge is 0.313 e. The lowest BCUT2D eigenvalue weighted by molar-refractivity contribution is 0.466. The summed E-state index contributed by atoms with van der Waals surface area (Å²) in [7, 11) is 4.20. The lowest BCUT2D eigenvalue weighted by Gasteiger charge is -2.36. The number of hydrazine groups is 1. The second-order valence-electron chi connectivity index (χ2n) is 2.66. The molecule has 0 aliphatic carbocycles. The van der Waals surface area contributed by atoms with E-state index in [9.17, 15) is 0 Å². The molecule has 0 amide bonds. The van der Waals surface area contributed by atoms with Gasteiger partial charge in [-0.3, -0.25) is 0 Å². The van der Waals surface area contributed by atoms with Crippen LogP contribution in [-0.2, 0) is 0 Å². The highest BCUT2D eigenvalue weighted by Crippen LogP contribution is 2.08. The molecule has 0 aromatic heterocycles. The standard InChI is InChI=1S/C4H11B2N2/c1-4(2)6-5-8(3)7-6/h4,7H,1-3H3. The van der Waals surface area contributed by atoms with E-state index in [-0.39, 0.29) is 0 Å². The summed E-state index contributed by atoms with van der Waals surface area (Å²) in [6.45, 7) is 5.03. The van der Waals surface area contributed by atoms with Crippen LogP contribution in [0.1, 0.15) is 13.8 Å². The van der Waals surface area contributed by atoms with Crippen molar-refractivity contribution in [2.45, 2.75) is 19.7 Å². The topological polar surface area (TPSA) is 15.3 Å². The molecular weight excluding hydrogens is 97.7 g/mol. The zero-order valence-electron chi connectivity index (χ0n) is 5.68. The summed E-state index contributed by atoms with van der Waals surface area (Å²) in [6, 6.07) is 0. The van der Waals surface area contributed by atoms with Gasteiger partial charge in [0.2, 0.25) is 14.0 Å². The van der Waals surface area contributed by atoms with E-state index in [1.54, 1.807) is 0 Å². The molecule has 1 rings (SSSR count). The molecular formula is C4H11B2N2. The van der Waals surface area contributed by atoms with Crippen LogP contribution in [0.15, 0.2) is 0 Å². The molecule has 1 N–H and O–H groups in total. The number of hydrogen-bond donors (Lipinski definition) is 1. The number of nitrogens with one attached hydrogen (secondary N) is 1. The monoisotopic (exact) mass is 109 g/mol. The van der Waals surface area contributed by atoms with Crippen molar-refractivity contribution in [1.29, 1.82) is 0 Å². The Morgan fingerprint density at radius 3 is 2.25 bits per heavy atom. The van der Waals surface area contributed by atoms with Crippen molar-refractivity contribution in [2.75, 3.05) is 7.05 Å². The molecule has 0 atom stereocenters. The highest BCUT2D eigenvalue weighted by Gasteiger charge is 2.31. The molecule has 4 heteroatoms. The summed E-state index contributed by atoms with van der Waals surface area (Å²) in [5.74, 6) is 0.728. The molecule has 1 fully saturated rings. The number of rotatable bonds is 1. The molecule has 0 spiro atoms. The summed E-state index contributed by atoms with van der Waals surface area (Å²) in [5, 5.41) is 3.22. The van der Waals surface area contributed by atoms with Crippen molar-refractivity contribution < 1.29 is 0 Å². The molecule has 1 heterocycles. The Morgan fingerprint density at radius 1 is 1.62 bits per heavy atom. The van der Waals surface area contributed by atoms with Crippen LogP contribution < -0.4 is 5.34 Å². The van der Waals surface area contributed by atoms with E-state index in [1.807, 2.05) is 12.0 Å². The lowest BCUT2D eigenvalue weighted by atomic mass is 9.26. The van der Waals surface area contributed by atoms with Gasteiger partial charge < -0.3 is 10.3 Å². The number of hydrogen-bond acceptors (Lipinski definition) is 2. The molecule has 1 aliphatic rings. The SMILES string of the molecule is CC(C)B1[B]N(C)N1. The average molecular weight is 109 g/mol. The van der Waals surface area contributed by atoms with Crippen molar-refractivity contribution in [3.05, 3.63) is 0 Å². The smallest absolute Gasteiger partial charge is 0.219 e. The highest BCUT2D eigenvalue weighted by molar-refractivity contribution is 7.14. The summed E-state index contributed by atoms with van der Waals surface area (Å²) in [6.07, 6.45) is 0. The van der Waals surface area contributed by atoms with Crippen molar-refractivity contribution in [3.63, 3.8) is 0 Å². The Labute approximate surface area is 51.9 Å². The first kappa shape index (κ1) is 6.17. The second-order valence-corrected chi connectivity index (χ2v) is 2.66. The number of nitrogens with zero attached hydrogens (tertiary/aromatic N) is 1. The van der Waals surface area contributed by atoms with Gasteiger partial charge in [-0.15, -0.1) is 0 Å². The van der Waals surface area contributed by atoms with Crippen LogP contribution >= 0.6 is 0 Å². The molecule has 1 aliphatic heterocycles. The van der Waals surface area contributed by atoms with Crippen LogP contribution in [0.3, 0.4) is 0 Å². The van der Waals surface area contributed by atoms with Crippen LogP contribution in [0, 0.1) is 0 Å². The van der Waals surface area contributed by atoms with Gasteiger partial charge in [0.15, 0.2) is 0 Å². The Bertz CT molecular complexity index is 80.1. The van der Waals surface area contributed by atoms with Crippen molar-refractivity contribution in [3.8, 4) is 0 Å². The molecule has 8 heavy (non-hydrogen) atoms. The minimum Gasteiger partial charge on any atom is -0.313 e. The van der Waals surface area contributed by atoms with Crippen LogP contribution in [0.4, 0.5) is 0 Å². The van der Waals surface area contributed by atoms with E-state index in [1.165, 1.54) is 0 Å². The molecule has 0 aromatic carbocycles. The Balaban J connectivity index is 2.15.